The molecule has 2 amide bonds. The lowest BCUT2D eigenvalue weighted by atomic mass is 10.1. The monoisotopic (exact) mass is 445 g/mol. The fourth-order valence-corrected chi connectivity index (χ4v) is 5.39. The first-order valence-corrected chi connectivity index (χ1v) is 11.6. The van der Waals surface area contributed by atoms with Gasteiger partial charge in [0, 0.05) is 30.8 Å². The summed E-state index contributed by atoms with van der Waals surface area (Å²) in [5.41, 5.74) is 1.06. The van der Waals surface area contributed by atoms with E-state index in [9.17, 15) is 18.0 Å². The van der Waals surface area contributed by atoms with Crippen LogP contribution in [0.3, 0.4) is 0 Å². The van der Waals surface area contributed by atoms with Crippen LogP contribution in [0, 0.1) is 0 Å². The van der Waals surface area contributed by atoms with Crippen molar-refractivity contribution in [2.24, 2.45) is 0 Å². The molecule has 9 heteroatoms. The van der Waals surface area contributed by atoms with Gasteiger partial charge < -0.3 is 15.4 Å². The number of sulfonamides is 1. The number of methoxy groups -OCH3 is 1. The predicted molar refractivity (Wildman–Crippen MR) is 119 cm³/mol. The minimum Gasteiger partial charge on any atom is -0.495 e. The quantitative estimate of drug-likeness (QED) is 0.708. The van der Waals surface area contributed by atoms with Crippen molar-refractivity contribution in [3.8, 4) is 5.75 Å². The summed E-state index contributed by atoms with van der Waals surface area (Å²) >= 11 is 0. The van der Waals surface area contributed by atoms with Gasteiger partial charge in [0.25, 0.3) is 5.91 Å². The van der Waals surface area contributed by atoms with Crippen LogP contribution in [0.25, 0.3) is 0 Å². The standard InChI is InChI=1S/C22H27N3O5S/c1-15-7-4-5-12-25(15)31(28,29)19-9-6-8-17(13-19)22(27)24-20-14-18(23-16(2)26)10-11-21(20)30-3/h6,8-11,13-15H,4-5,7,12H2,1-3H3,(H,23,26)(H,24,27). The molecule has 0 bridgehead atoms. The third-order valence-electron chi connectivity index (χ3n) is 5.21. The van der Waals surface area contributed by atoms with Gasteiger partial charge in [0.2, 0.25) is 15.9 Å². The maximum atomic E-state index is 13.1. The highest BCUT2D eigenvalue weighted by molar-refractivity contribution is 7.89. The van der Waals surface area contributed by atoms with Gasteiger partial charge in [0.05, 0.1) is 17.7 Å². The molecule has 1 aliphatic rings. The number of benzene rings is 2. The predicted octanol–water partition coefficient (Wildman–Crippen LogP) is 3.47. The summed E-state index contributed by atoms with van der Waals surface area (Å²) < 4.78 is 33.0. The number of anilines is 2. The van der Waals surface area contributed by atoms with Crippen molar-refractivity contribution in [3.05, 3.63) is 48.0 Å². The number of carbonyl (C=O) groups is 2. The minimum absolute atomic E-state index is 0.0722. The zero-order valence-corrected chi connectivity index (χ0v) is 18.7. The molecule has 1 aliphatic heterocycles. The number of hydrogen-bond donors (Lipinski definition) is 2. The number of carbonyl (C=O) groups excluding carboxylic acids is 2. The van der Waals surface area contributed by atoms with Crippen LogP contribution >= 0.6 is 0 Å². The number of rotatable bonds is 6. The smallest absolute Gasteiger partial charge is 0.255 e. The van der Waals surface area contributed by atoms with Crippen LogP contribution in [0.5, 0.6) is 5.75 Å². The van der Waals surface area contributed by atoms with Crippen molar-refractivity contribution in [2.45, 2.75) is 44.0 Å². The average Bonchev–Trinajstić information content (AvgIpc) is 2.74. The molecule has 166 valence electrons. The van der Waals surface area contributed by atoms with Gasteiger partial charge >= 0.3 is 0 Å². The van der Waals surface area contributed by atoms with Crippen LogP contribution in [0.4, 0.5) is 11.4 Å². The Bertz CT molecular complexity index is 1080. The summed E-state index contributed by atoms with van der Waals surface area (Å²) in [6.45, 7) is 3.77. The fraction of sp³-hybridized carbons (Fsp3) is 0.364. The molecule has 1 saturated heterocycles. The van der Waals surface area contributed by atoms with Crippen molar-refractivity contribution in [1.82, 2.24) is 4.31 Å². The molecule has 1 fully saturated rings. The summed E-state index contributed by atoms with van der Waals surface area (Å²) in [6, 6.07) is 10.8. The molecule has 3 rings (SSSR count). The van der Waals surface area contributed by atoms with Crippen molar-refractivity contribution in [1.29, 1.82) is 0 Å². The molecule has 0 aliphatic carbocycles. The lowest BCUT2D eigenvalue weighted by molar-refractivity contribution is -0.114. The number of nitrogens with zero attached hydrogens (tertiary/aromatic N) is 1. The van der Waals surface area contributed by atoms with E-state index in [1.165, 1.54) is 30.5 Å². The number of amides is 2. The highest BCUT2D eigenvalue weighted by Gasteiger charge is 2.31. The van der Waals surface area contributed by atoms with Gasteiger partial charge in [-0.1, -0.05) is 12.5 Å². The van der Waals surface area contributed by atoms with Crippen molar-refractivity contribution < 1.29 is 22.7 Å². The van der Waals surface area contributed by atoms with E-state index in [4.69, 9.17) is 4.74 Å². The van der Waals surface area contributed by atoms with Crippen LogP contribution in [0.1, 0.15) is 43.5 Å². The SMILES string of the molecule is COc1ccc(NC(C)=O)cc1NC(=O)c1cccc(S(=O)(=O)N2CCCCC2C)c1. The van der Waals surface area contributed by atoms with Gasteiger partial charge in [-0.05, 0) is 56.2 Å². The fourth-order valence-electron chi connectivity index (χ4n) is 3.64. The molecule has 2 aromatic carbocycles. The molecular weight excluding hydrogens is 418 g/mol. The lowest BCUT2D eigenvalue weighted by Gasteiger charge is -2.32. The van der Waals surface area contributed by atoms with E-state index in [2.05, 4.69) is 10.6 Å². The molecule has 8 nitrogen and oxygen atoms in total. The van der Waals surface area contributed by atoms with E-state index >= 15 is 0 Å². The first-order chi connectivity index (χ1) is 14.7. The molecular formula is C22H27N3O5S. The molecule has 0 aromatic heterocycles. The van der Waals surface area contributed by atoms with Crippen LogP contribution < -0.4 is 15.4 Å². The molecule has 0 saturated carbocycles. The van der Waals surface area contributed by atoms with E-state index in [0.29, 0.717) is 23.7 Å². The van der Waals surface area contributed by atoms with Gasteiger partial charge in [-0.15, -0.1) is 0 Å². The van der Waals surface area contributed by atoms with Gasteiger partial charge in [-0.3, -0.25) is 9.59 Å². The summed E-state index contributed by atoms with van der Waals surface area (Å²) in [6.07, 6.45) is 2.66. The maximum Gasteiger partial charge on any atom is 0.255 e. The Morgan fingerprint density at radius 1 is 1.10 bits per heavy atom. The number of hydrogen-bond acceptors (Lipinski definition) is 5. The van der Waals surface area contributed by atoms with Crippen LogP contribution in [0.15, 0.2) is 47.4 Å². The van der Waals surface area contributed by atoms with Gasteiger partial charge in [0.1, 0.15) is 5.75 Å². The maximum absolute atomic E-state index is 13.1. The van der Waals surface area contributed by atoms with Gasteiger partial charge in [-0.25, -0.2) is 8.42 Å². The third-order valence-corrected chi connectivity index (χ3v) is 7.22. The Morgan fingerprint density at radius 3 is 2.55 bits per heavy atom. The minimum atomic E-state index is -3.69. The Balaban J connectivity index is 1.86. The Morgan fingerprint density at radius 2 is 1.87 bits per heavy atom. The zero-order chi connectivity index (χ0) is 22.6. The Kier molecular flexibility index (Phi) is 6.97. The second-order valence-electron chi connectivity index (χ2n) is 7.54. The molecule has 1 heterocycles. The summed E-state index contributed by atoms with van der Waals surface area (Å²) in [5, 5.41) is 5.38. The van der Waals surface area contributed by atoms with Gasteiger partial charge in [-0.2, -0.15) is 4.31 Å². The van der Waals surface area contributed by atoms with E-state index < -0.39 is 15.9 Å². The largest absolute Gasteiger partial charge is 0.495 e. The van der Waals surface area contributed by atoms with Crippen LogP contribution in [-0.4, -0.2) is 44.2 Å². The van der Waals surface area contributed by atoms with E-state index in [-0.39, 0.29) is 22.4 Å². The second-order valence-corrected chi connectivity index (χ2v) is 9.43. The van der Waals surface area contributed by atoms with Crippen molar-refractivity contribution >= 4 is 33.2 Å². The molecule has 2 N–H and O–H groups in total. The van der Waals surface area contributed by atoms with E-state index in [0.717, 1.165) is 19.3 Å². The molecule has 1 unspecified atom stereocenters. The molecule has 31 heavy (non-hydrogen) atoms. The van der Waals surface area contributed by atoms with Gasteiger partial charge in [0.15, 0.2) is 0 Å². The summed E-state index contributed by atoms with van der Waals surface area (Å²) in [4.78, 5) is 24.3. The Hall–Kier alpha value is -2.91. The summed E-state index contributed by atoms with van der Waals surface area (Å²) in [5.74, 6) is -0.317. The molecule has 0 radical (unpaired) electrons. The van der Waals surface area contributed by atoms with Crippen molar-refractivity contribution in [2.75, 3.05) is 24.3 Å². The Labute approximate surface area is 182 Å². The molecule has 1 atom stereocenters. The van der Waals surface area contributed by atoms with Crippen LogP contribution in [-0.2, 0) is 14.8 Å². The first-order valence-electron chi connectivity index (χ1n) is 10.1. The van der Waals surface area contributed by atoms with Crippen molar-refractivity contribution in [3.63, 3.8) is 0 Å². The highest BCUT2D eigenvalue weighted by atomic mass is 32.2. The highest BCUT2D eigenvalue weighted by Crippen LogP contribution is 2.29. The molecule has 0 spiro atoms. The average molecular weight is 446 g/mol. The number of piperidine rings is 1. The van der Waals surface area contributed by atoms with Crippen LogP contribution in [0.2, 0.25) is 0 Å². The normalized spacial score (nSPS) is 17.1. The first kappa shape index (κ1) is 22.8. The third kappa shape index (κ3) is 5.23. The van der Waals surface area contributed by atoms with E-state index in [1.807, 2.05) is 6.92 Å². The topological polar surface area (TPSA) is 105 Å². The zero-order valence-electron chi connectivity index (χ0n) is 17.8. The second kappa shape index (κ2) is 9.49. The van der Waals surface area contributed by atoms with E-state index in [1.54, 1.807) is 30.3 Å². The molecule has 2 aromatic rings. The lowest BCUT2D eigenvalue weighted by Crippen LogP contribution is -2.41. The number of ether oxygens (including phenoxy) is 1. The number of nitrogens with one attached hydrogen (secondary N) is 2. The summed E-state index contributed by atoms with van der Waals surface area (Å²) in [7, 11) is -2.22.